The third-order valence-electron chi connectivity index (χ3n) is 4.12. The van der Waals surface area contributed by atoms with E-state index in [4.69, 9.17) is 5.41 Å². The molecule has 120 valence electrons. The Morgan fingerprint density at radius 3 is 2.71 bits per heavy atom. The number of benzene rings is 2. The number of amidine groups is 1. The van der Waals surface area contributed by atoms with Gasteiger partial charge in [-0.3, -0.25) is 5.41 Å². The van der Waals surface area contributed by atoms with Crippen molar-refractivity contribution in [2.45, 2.75) is 6.92 Å². The zero-order valence-corrected chi connectivity index (χ0v) is 13.0. The number of aryl methyl sites for hydroxylation is 1. The van der Waals surface area contributed by atoms with Crippen molar-refractivity contribution in [3.05, 3.63) is 65.4 Å². The number of H-pyrrole nitrogens is 1. The lowest BCUT2D eigenvalue weighted by atomic mass is 10.2. The van der Waals surface area contributed by atoms with E-state index >= 15 is 0 Å². The number of imidazole rings is 1. The van der Waals surface area contributed by atoms with E-state index in [9.17, 15) is 9.50 Å². The number of aliphatic hydroxyl groups excluding tert-OH is 1. The standard InChI is InChI=1S/C18H15FN4O/c1-10-2-7-13-14(8-10)22-18(21-13)16-15(24)9-23(17(16)20)12-5-3-11(19)4-6-12/h2-8,20,24H,9H2,1H3,(H,21,22). The molecular weight excluding hydrogens is 307 g/mol. The van der Waals surface area contributed by atoms with Gasteiger partial charge in [0.15, 0.2) is 0 Å². The van der Waals surface area contributed by atoms with Crippen molar-refractivity contribution in [2.24, 2.45) is 0 Å². The summed E-state index contributed by atoms with van der Waals surface area (Å²) in [7, 11) is 0. The second kappa shape index (κ2) is 5.19. The summed E-state index contributed by atoms with van der Waals surface area (Å²) in [5.74, 6) is 0.326. The van der Waals surface area contributed by atoms with E-state index in [2.05, 4.69) is 9.97 Å². The predicted molar refractivity (Wildman–Crippen MR) is 91.9 cm³/mol. The first-order valence-corrected chi connectivity index (χ1v) is 7.54. The Hall–Kier alpha value is -3.15. The van der Waals surface area contributed by atoms with Gasteiger partial charge in [-0.25, -0.2) is 9.37 Å². The summed E-state index contributed by atoms with van der Waals surface area (Å²) < 4.78 is 13.1. The zero-order valence-electron chi connectivity index (χ0n) is 13.0. The van der Waals surface area contributed by atoms with Crippen molar-refractivity contribution >= 4 is 28.1 Å². The number of aliphatic hydroxyl groups is 1. The van der Waals surface area contributed by atoms with Gasteiger partial charge in [-0.2, -0.15) is 0 Å². The van der Waals surface area contributed by atoms with Gasteiger partial charge in [-0.05, 0) is 48.9 Å². The van der Waals surface area contributed by atoms with Crippen molar-refractivity contribution in [1.29, 1.82) is 5.41 Å². The Labute approximate surface area is 137 Å². The Bertz CT molecular complexity index is 988. The molecule has 3 aromatic rings. The van der Waals surface area contributed by atoms with Crippen LogP contribution in [0.2, 0.25) is 0 Å². The molecule has 6 heteroatoms. The van der Waals surface area contributed by atoms with Crippen LogP contribution in [0.1, 0.15) is 11.4 Å². The van der Waals surface area contributed by atoms with Gasteiger partial charge in [0.05, 0.1) is 23.2 Å². The fourth-order valence-electron chi connectivity index (χ4n) is 2.91. The lowest BCUT2D eigenvalue weighted by Crippen LogP contribution is -2.26. The molecule has 0 radical (unpaired) electrons. The first-order chi connectivity index (χ1) is 11.5. The highest BCUT2D eigenvalue weighted by molar-refractivity contribution is 6.30. The van der Waals surface area contributed by atoms with E-state index in [-0.39, 0.29) is 24.0 Å². The molecule has 5 nitrogen and oxygen atoms in total. The van der Waals surface area contributed by atoms with Gasteiger partial charge in [0.1, 0.15) is 23.2 Å². The maximum absolute atomic E-state index is 13.1. The van der Waals surface area contributed by atoms with Crippen LogP contribution in [0.5, 0.6) is 0 Å². The van der Waals surface area contributed by atoms with Crippen LogP contribution in [0.15, 0.2) is 48.2 Å². The summed E-state index contributed by atoms with van der Waals surface area (Å²) in [5.41, 5.74) is 3.76. The highest BCUT2D eigenvalue weighted by Gasteiger charge is 2.31. The second-order valence-corrected chi connectivity index (χ2v) is 5.84. The molecule has 0 unspecified atom stereocenters. The molecule has 0 atom stereocenters. The van der Waals surface area contributed by atoms with E-state index in [0.29, 0.717) is 17.1 Å². The lowest BCUT2D eigenvalue weighted by molar-refractivity contribution is 0.411. The molecule has 0 saturated carbocycles. The van der Waals surface area contributed by atoms with Gasteiger partial charge in [0.25, 0.3) is 0 Å². The largest absolute Gasteiger partial charge is 0.509 e. The molecule has 2 heterocycles. The highest BCUT2D eigenvalue weighted by Crippen LogP contribution is 2.30. The third kappa shape index (κ3) is 2.23. The molecule has 0 saturated heterocycles. The molecule has 3 N–H and O–H groups in total. The minimum atomic E-state index is -0.338. The number of fused-ring (bicyclic) bond motifs is 1. The number of nitrogens with one attached hydrogen (secondary N) is 2. The molecule has 2 aromatic carbocycles. The van der Waals surface area contributed by atoms with Gasteiger partial charge in [0, 0.05) is 5.69 Å². The molecule has 1 aliphatic heterocycles. The van der Waals surface area contributed by atoms with Gasteiger partial charge >= 0.3 is 0 Å². The average molecular weight is 322 g/mol. The van der Waals surface area contributed by atoms with Crippen molar-refractivity contribution in [1.82, 2.24) is 9.97 Å². The number of anilines is 1. The van der Waals surface area contributed by atoms with E-state index in [1.165, 1.54) is 12.1 Å². The molecule has 0 amide bonds. The van der Waals surface area contributed by atoms with Crippen LogP contribution in [0.25, 0.3) is 16.6 Å². The number of aromatic nitrogens is 2. The van der Waals surface area contributed by atoms with E-state index in [1.807, 2.05) is 25.1 Å². The van der Waals surface area contributed by atoms with Gasteiger partial charge in [-0.15, -0.1) is 0 Å². The summed E-state index contributed by atoms with van der Waals surface area (Å²) in [5, 5.41) is 18.7. The Balaban J connectivity index is 1.73. The highest BCUT2D eigenvalue weighted by atomic mass is 19.1. The smallest absolute Gasteiger partial charge is 0.145 e. The lowest BCUT2D eigenvalue weighted by Gasteiger charge is -2.18. The number of hydrogen-bond donors (Lipinski definition) is 3. The number of hydrogen-bond acceptors (Lipinski definition) is 3. The van der Waals surface area contributed by atoms with Crippen LogP contribution >= 0.6 is 0 Å². The summed E-state index contributed by atoms with van der Waals surface area (Å²) in [6.07, 6.45) is 0. The van der Waals surface area contributed by atoms with Crippen molar-refractivity contribution in [3.8, 4) is 0 Å². The van der Waals surface area contributed by atoms with Crippen LogP contribution in [0, 0.1) is 18.2 Å². The summed E-state index contributed by atoms with van der Waals surface area (Å²) in [4.78, 5) is 9.26. The average Bonchev–Trinajstić information content (AvgIpc) is 3.08. The fourth-order valence-corrected chi connectivity index (χ4v) is 2.91. The normalized spacial score (nSPS) is 14.9. The van der Waals surface area contributed by atoms with E-state index in [0.717, 1.165) is 16.6 Å². The minimum absolute atomic E-state index is 0.0695. The van der Waals surface area contributed by atoms with Crippen molar-refractivity contribution in [3.63, 3.8) is 0 Å². The first kappa shape index (κ1) is 14.4. The van der Waals surface area contributed by atoms with Crippen molar-refractivity contribution in [2.75, 3.05) is 11.4 Å². The summed E-state index contributed by atoms with van der Waals surface area (Å²) in [6.45, 7) is 2.15. The molecule has 0 fully saturated rings. The molecule has 1 aromatic heterocycles. The van der Waals surface area contributed by atoms with Crippen LogP contribution in [-0.4, -0.2) is 27.5 Å². The molecular formula is C18H15FN4O. The van der Waals surface area contributed by atoms with Gasteiger partial charge in [0.2, 0.25) is 0 Å². The molecule has 24 heavy (non-hydrogen) atoms. The molecule has 0 bridgehead atoms. The van der Waals surface area contributed by atoms with Gasteiger partial charge in [-0.1, -0.05) is 6.07 Å². The van der Waals surface area contributed by atoms with E-state index in [1.54, 1.807) is 17.0 Å². The van der Waals surface area contributed by atoms with Crippen LogP contribution in [-0.2, 0) is 0 Å². The topological polar surface area (TPSA) is 76.0 Å². The zero-order chi connectivity index (χ0) is 16.8. The molecule has 4 rings (SSSR count). The van der Waals surface area contributed by atoms with Crippen molar-refractivity contribution < 1.29 is 9.50 Å². The summed E-state index contributed by atoms with van der Waals surface area (Å²) in [6, 6.07) is 11.7. The number of rotatable bonds is 2. The number of halogens is 1. The SMILES string of the molecule is Cc1ccc2nc(C3=C(O)CN(c4ccc(F)cc4)C3=N)[nH]c2c1. The van der Waals surface area contributed by atoms with Crippen LogP contribution in [0.3, 0.4) is 0 Å². The molecule has 0 aliphatic carbocycles. The molecule has 0 spiro atoms. The number of aromatic amines is 1. The molecule has 1 aliphatic rings. The first-order valence-electron chi connectivity index (χ1n) is 7.54. The minimum Gasteiger partial charge on any atom is -0.509 e. The van der Waals surface area contributed by atoms with Crippen LogP contribution < -0.4 is 4.90 Å². The van der Waals surface area contributed by atoms with E-state index < -0.39 is 0 Å². The Kier molecular flexibility index (Phi) is 3.13. The third-order valence-corrected chi connectivity index (χ3v) is 4.12. The van der Waals surface area contributed by atoms with Gasteiger partial charge < -0.3 is 15.0 Å². The Morgan fingerprint density at radius 1 is 1.21 bits per heavy atom. The van der Waals surface area contributed by atoms with Crippen LogP contribution in [0.4, 0.5) is 10.1 Å². The Morgan fingerprint density at radius 2 is 1.96 bits per heavy atom. The predicted octanol–water partition coefficient (Wildman–Crippen LogP) is 3.78. The second-order valence-electron chi connectivity index (χ2n) is 5.84. The monoisotopic (exact) mass is 322 g/mol. The fraction of sp³-hybridized carbons (Fsp3) is 0.111. The quantitative estimate of drug-likeness (QED) is 0.672. The summed E-state index contributed by atoms with van der Waals surface area (Å²) >= 11 is 0. The maximum atomic E-state index is 13.1. The number of nitrogens with zero attached hydrogens (tertiary/aromatic N) is 2. The maximum Gasteiger partial charge on any atom is 0.145 e.